The predicted molar refractivity (Wildman–Crippen MR) is 117 cm³/mol. The first-order chi connectivity index (χ1) is 16.2. The monoisotopic (exact) mass is 488 g/mol. The number of Topliss-reactive ketones (excluding diaryl/α,β-unsaturated/α-hetero) is 1. The standard InChI is InChI=1S/C22H19ClF2N6O3/c1-10-8-31-9-14(25)17(20(33)27-11-2-3-13(24)12(23)6-11)18(31)16(10)19(32)21(34)28-22(4-5-22)15-7-26-30-29-15/h2-3,6-8,14,17H,4-5,9H2,1H3,(H,27,33)(H,28,34)(H,26,29,30)/t14?,17-/m1/s1. The highest BCUT2D eigenvalue weighted by Gasteiger charge is 2.50. The van der Waals surface area contributed by atoms with Crippen molar-refractivity contribution in [3.8, 4) is 0 Å². The Bertz CT molecular complexity index is 1320. The number of halogens is 3. The number of fused-ring (bicyclic) bond motifs is 1. The van der Waals surface area contributed by atoms with Gasteiger partial charge in [0.05, 0.1) is 22.7 Å². The van der Waals surface area contributed by atoms with Gasteiger partial charge in [-0.1, -0.05) is 16.8 Å². The summed E-state index contributed by atoms with van der Waals surface area (Å²) in [6, 6.07) is 3.58. The van der Waals surface area contributed by atoms with E-state index in [9.17, 15) is 23.2 Å². The van der Waals surface area contributed by atoms with Crippen LogP contribution in [0.25, 0.3) is 0 Å². The molecule has 5 rings (SSSR count). The number of aryl methyl sites for hydroxylation is 1. The van der Waals surface area contributed by atoms with Gasteiger partial charge in [0.1, 0.15) is 23.6 Å². The van der Waals surface area contributed by atoms with Gasteiger partial charge in [0.15, 0.2) is 0 Å². The minimum Gasteiger partial charge on any atom is -0.347 e. The van der Waals surface area contributed by atoms with E-state index in [1.807, 2.05) is 0 Å². The molecule has 3 heterocycles. The number of anilines is 1. The van der Waals surface area contributed by atoms with Gasteiger partial charge >= 0.3 is 0 Å². The van der Waals surface area contributed by atoms with E-state index in [1.54, 1.807) is 19.3 Å². The van der Waals surface area contributed by atoms with Crippen molar-refractivity contribution in [2.24, 2.45) is 0 Å². The summed E-state index contributed by atoms with van der Waals surface area (Å²) >= 11 is 5.76. The zero-order valence-corrected chi connectivity index (χ0v) is 18.6. The summed E-state index contributed by atoms with van der Waals surface area (Å²) in [5.41, 5.74) is 0.507. The Morgan fingerprint density at radius 2 is 2.06 bits per heavy atom. The summed E-state index contributed by atoms with van der Waals surface area (Å²) in [6.07, 6.45) is 2.68. The van der Waals surface area contributed by atoms with Crippen LogP contribution >= 0.6 is 11.6 Å². The zero-order valence-electron chi connectivity index (χ0n) is 17.9. The third kappa shape index (κ3) is 3.65. The number of hydrogen-bond acceptors (Lipinski definition) is 5. The van der Waals surface area contributed by atoms with Gasteiger partial charge in [0, 0.05) is 23.8 Å². The van der Waals surface area contributed by atoms with Crippen molar-refractivity contribution in [3.05, 3.63) is 63.9 Å². The Labute approximate surface area is 196 Å². The van der Waals surface area contributed by atoms with E-state index in [0.717, 1.165) is 6.07 Å². The molecule has 1 unspecified atom stereocenters. The lowest BCUT2D eigenvalue weighted by Gasteiger charge is -2.17. The van der Waals surface area contributed by atoms with Crippen LogP contribution < -0.4 is 10.6 Å². The summed E-state index contributed by atoms with van der Waals surface area (Å²) in [7, 11) is 0. The van der Waals surface area contributed by atoms with Crippen LogP contribution in [0.15, 0.2) is 30.6 Å². The molecule has 0 spiro atoms. The van der Waals surface area contributed by atoms with Crippen LogP contribution in [0.2, 0.25) is 5.02 Å². The van der Waals surface area contributed by atoms with Crippen molar-refractivity contribution < 1.29 is 23.2 Å². The number of benzene rings is 1. The molecule has 12 heteroatoms. The molecule has 0 bridgehead atoms. The van der Waals surface area contributed by atoms with Crippen molar-refractivity contribution >= 4 is 34.9 Å². The Balaban J connectivity index is 1.41. The number of carbonyl (C=O) groups excluding carboxylic acids is 3. The van der Waals surface area contributed by atoms with Crippen molar-refractivity contribution in [1.29, 1.82) is 0 Å². The second-order valence-corrected chi connectivity index (χ2v) is 8.97. The molecule has 1 aliphatic heterocycles. The highest BCUT2D eigenvalue weighted by molar-refractivity contribution is 6.43. The molecule has 9 nitrogen and oxygen atoms in total. The normalized spacial score (nSPS) is 20.0. The minimum atomic E-state index is -1.62. The number of aromatic nitrogens is 4. The molecule has 1 aromatic carbocycles. The maximum Gasteiger partial charge on any atom is 0.293 e. The van der Waals surface area contributed by atoms with Crippen molar-refractivity contribution in [1.82, 2.24) is 25.3 Å². The first kappa shape index (κ1) is 22.2. The van der Waals surface area contributed by atoms with E-state index in [-0.39, 0.29) is 28.5 Å². The maximum atomic E-state index is 15.0. The summed E-state index contributed by atoms with van der Waals surface area (Å²) in [4.78, 5) is 39.1. The molecular formula is C22H19ClF2N6O3. The topological polar surface area (TPSA) is 122 Å². The molecular weight excluding hydrogens is 470 g/mol. The lowest BCUT2D eigenvalue weighted by molar-refractivity contribution is -0.119. The molecule has 3 N–H and O–H groups in total. The van der Waals surface area contributed by atoms with Gasteiger partial charge in [0.25, 0.3) is 11.7 Å². The van der Waals surface area contributed by atoms with E-state index in [0.29, 0.717) is 24.1 Å². The minimum absolute atomic E-state index is 0.00843. The second kappa shape index (κ2) is 8.01. The smallest absolute Gasteiger partial charge is 0.293 e. The molecule has 2 aliphatic rings. The fraction of sp³-hybridized carbons (Fsp3) is 0.318. The molecule has 1 aliphatic carbocycles. The third-order valence-corrected chi connectivity index (χ3v) is 6.54. The molecule has 2 amide bonds. The Kier molecular flexibility index (Phi) is 5.23. The van der Waals surface area contributed by atoms with Crippen LogP contribution in [0.5, 0.6) is 0 Å². The highest BCUT2D eigenvalue weighted by Crippen LogP contribution is 2.44. The number of hydrogen-bond donors (Lipinski definition) is 3. The first-order valence-corrected chi connectivity index (χ1v) is 10.9. The van der Waals surface area contributed by atoms with Crippen LogP contribution in [0.1, 0.15) is 46.1 Å². The summed E-state index contributed by atoms with van der Waals surface area (Å²) < 4.78 is 29.9. The average molecular weight is 489 g/mol. The largest absolute Gasteiger partial charge is 0.347 e. The van der Waals surface area contributed by atoms with Gasteiger partial charge in [0.2, 0.25) is 5.91 Å². The Morgan fingerprint density at radius 3 is 2.71 bits per heavy atom. The summed E-state index contributed by atoms with van der Waals surface area (Å²) in [5.74, 6) is -4.47. The number of nitrogens with zero attached hydrogens (tertiary/aromatic N) is 3. The van der Waals surface area contributed by atoms with E-state index < -0.39 is 41.0 Å². The van der Waals surface area contributed by atoms with E-state index >= 15 is 0 Å². The van der Waals surface area contributed by atoms with Crippen LogP contribution in [0.4, 0.5) is 14.5 Å². The van der Waals surface area contributed by atoms with Gasteiger partial charge in [-0.25, -0.2) is 8.78 Å². The van der Waals surface area contributed by atoms with E-state index in [1.165, 1.54) is 16.7 Å². The number of carbonyl (C=O) groups is 3. The molecule has 1 fully saturated rings. The quantitative estimate of drug-likeness (QED) is 0.364. The van der Waals surface area contributed by atoms with Crippen molar-refractivity contribution in [3.63, 3.8) is 0 Å². The molecule has 0 saturated heterocycles. The van der Waals surface area contributed by atoms with Gasteiger partial charge in [-0.2, -0.15) is 0 Å². The fourth-order valence-electron chi connectivity index (χ4n) is 4.43. The number of H-pyrrole nitrogens is 1. The van der Waals surface area contributed by atoms with E-state index in [4.69, 9.17) is 11.6 Å². The van der Waals surface area contributed by atoms with E-state index in [2.05, 4.69) is 26.0 Å². The SMILES string of the molecule is Cc1cn2c(c1C(=O)C(=O)NC1(c3c[nH]nn3)CC1)[C@H](C(=O)Nc1ccc(F)c(Cl)c1)C(F)C2. The maximum absolute atomic E-state index is 15.0. The third-order valence-electron chi connectivity index (χ3n) is 6.25. The molecule has 1 saturated carbocycles. The number of aromatic amines is 1. The Morgan fingerprint density at radius 1 is 1.29 bits per heavy atom. The summed E-state index contributed by atoms with van der Waals surface area (Å²) in [5, 5.41) is 15.2. The lowest BCUT2D eigenvalue weighted by atomic mass is 9.94. The number of rotatable bonds is 6. The van der Waals surface area contributed by atoms with Crippen LogP contribution in [0, 0.1) is 12.7 Å². The van der Waals surface area contributed by atoms with Crippen molar-refractivity contribution in [2.75, 3.05) is 5.32 Å². The average Bonchev–Trinajstić information content (AvgIpc) is 3.11. The number of nitrogens with one attached hydrogen (secondary N) is 3. The van der Waals surface area contributed by atoms with Crippen molar-refractivity contribution in [2.45, 2.75) is 43.9 Å². The predicted octanol–water partition coefficient (Wildman–Crippen LogP) is 2.77. The van der Waals surface area contributed by atoms with Crippen LogP contribution in [-0.2, 0) is 21.7 Å². The van der Waals surface area contributed by atoms with Crippen LogP contribution in [0.3, 0.4) is 0 Å². The molecule has 3 aromatic rings. The molecule has 176 valence electrons. The van der Waals surface area contributed by atoms with Gasteiger partial charge < -0.3 is 15.2 Å². The van der Waals surface area contributed by atoms with Gasteiger partial charge in [-0.3, -0.25) is 19.5 Å². The lowest BCUT2D eigenvalue weighted by Crippen LogP contribution is -2.40. The molecule has 34 heavy (non-hydrogen) atoms. The number of amides is 2. The summed E-state index contributed by atoms with van der Waals surface area (Å²) in [6.45, 7) is 1.48. The Hall–Kier alpha value is -3.60. The fourth-order valence-corrected chi connectivity index (χ4v) is 4.61. The highest BCUT2D eigenvalue weighted by atomic mass is 35.5. The molecule has 2 aromatic heterocycles. The molecule has 0 radical (unpaired) electrons. The van der Waals surface area contributed by atoms with Crippen LogP contribution in [-0.4, -0.2) is 43.7 Å². The van der Waals surface area contributed by atoms with Gasteiger partial charge in [-0.05, 0) is 43.5 Å². The number of ketones is 1. The number of alkyl halides is 1. The first-order valence-electron chi connectivity index (χ1n) is 10.5. The second-order valence-electron chi connectivity index (χ2n) is 8.56. The van der Waals surface area contributed by atoms with Gasteiger partial charge in [-0.15, -0.1) is 5.10 Å². The molecule has 2 atom stereocenters. The zero-order chi connectivity index (χ0) is 24.2.